The predicted molar refractivity (Wildman–Crippen MR) is 85.8 cm³/mol. The van der Waals surface area contributed by atoms with E-state index in [1.165, 1.54) is 11.3 Å². The van der Waals surface area contributed by atoms with Crippen LogP contribution in [0.25, 0.3) is 0 Å². The Bertz CT molecular complexity index is 592. The van der Waals surface area contributed by atoms with E-state index < -0.39 is 0 Å². The first kappa shape index (κ1) is 13.9. The molecular weight excluding hydrogens is 262 g/mol. The van der Waals surface area contributed by atoms with Gasteiger partial charge in [0.1, 0.15) is 5.82 Å². The highest BCUT2D eigenvalue weighted by molar-refractivity contribution is 5.56. The van der Waals surface area contributed by atoms with Gasteiger partial charge in [0, 0.05) is 38.1 Å². The summed E-state index contributed by atoms with van der Waals surface area (Å²) in [6, 6.07) is 12.3. The molecule has 0 unspecified atom stereocenters. The second-order valence-electron chi connectivity index (χ2n) is 5.44. The Morgan fingerprint density at radius 3 is 2.43 bits per heavy atom. The summed E-state index contributed by atoms with van der Waals surface area (Å²) in [5.41, 5.74) is 3.48. The second-order valence-corrected chi connectivity index (χ2v) is 5.44. The van der Waals surface area contributed by atoms with Crippen molar-refractivity contribution in [3.63, 3.8) is 0 Å². The number of aryl methyl sites for hydroxylation is 1. The molecule has 4 heteroatoms. The van der Waals surface area contributed by atoms with E-state index >= 15 is 0 Å². The average Bonchev–Trinajstić information content (AvgIpc) is 2.56. The molecule has 0 aliphatic carbocycles. The Balaban J connectivity index is 1.68. The van der Waals surface area contributed by atoms with E-state index in [9.17, 15) is 5.11 Å². The molecular formula is C17H21N3O. The van der Waals surface area contributed by atoms with Crippen LogP contribution < -0.4 is 9.80 Å². The molecule has 1 fully saturated rings. The zero-order valence-corrected chi connectivity index (χ0v) is 12.4. The summed E-state index contributed by atoms with van der Waals surface area (Å²) in [7, 11) is 0. The van der Waals surface area contributed by atoms with Crippen LogP contribution in [0, 0.1) is 6.92 Å². The lowest BCUT2D eigenvalue weighted by atomic mass is 10.1. The minimum atomic E-state index is 0.106. The molecule has 1 N–H and O–H groups in total. The van der Waals surface area contributed by atoms with Gasteiger partial charge in [-0.05, 0) is 36.2 Å². The minimum Gasteiger partial charge on any atom is -0.392 e. The fraction of sp³-hybridized carbons (Fsp3) is 0.353. The smallest absolute Gasteiger partial charge is 0.128 e. The number of rotatable bonds is 3. The number of piperazine rings is 1. The molecule has 0 spiro atoms. The lowest BCUT2D eigenvalue weighted by molar-refractivity contribution is 0.282. The maximum atomic E-state index is 9.20. The van der Waals surface area contributed by atoms with Crippen molar-refractivity contribution >= 4 is 11.5 Å². The van der Waals surface area contributed by atoms with E-state index in [0.29, 0.717) is 0 Å². The summed E-state index contributed by atoms with van der Waals surface area (Å²) >= 11 is 0. The molecule has 21 heavy (non-hydrogen) atoms. The fourth-order valence-corrected chi connectivity index (χ4v) is 2.89. The Hall–Kier alpha value is -2.07. The van der Waals surface area contributed by atoms with Gasteiger partial charge in [-0.2, -0.15) is 0 Å². The van der Waals surface area contributed by atoms with Gasteiger partial charge in [0.05, 0.1) is 6.61 Å². The van der Waals surface area contributed by atoms with E-state index in [0.717, 1.165) is 37.6 Å². The molecule has 3 rings (SSSR count). The zero-order chi connectivity index (χ0) is 14.7. The first-order chi connectivity index (χ1) is 10.3. The van der Waals surface area contributed by atoms with Crippen LogP contribution in [0.1, 0.15) is 11.1 Å². The van der Waals surface area contributed by atoms with Crippen LogP contribution in [-0.2, 0) is 6.61 Å². The quantitative estimate of drug-likeness (QED) is 0.937. The van der Waals surface area contributed by atoms with Gasteiger partial charge in [-0.1, -0.05) is 18.2 Å². The third-order valence-corrected chi connectivity index (χ3v) is 4.04. The highest BCUT2D eigenvalue weighted by Gasteiger charge is 2.19. The van der Waals surface area contributed by atoms with Crippen LogP contribution in [0.15, 0.2) is 42.6 Å². The van der Waals surface area contributed by atoms with Crippen LogP contribution in [-0.4, -0.2) is 36.3 Å². The van der Waals surface area contributed by atoms with Crippen molar-refractivity contribution in [2.45, 2.75) is 13.5 Å². The molecule has 1 aliphatic heterocycles. The number of aliphatic hydroxyl groups excluding tert-OH is 1. The minimum absolute atomic E-state index is 0.106. The fourth-order valence-electron chi connectivity index (χ4n) is 2.89. The first-order valence-corrected chi connectivity index (χ1v) is 7.39. The molecule has 4 nitrogen and oxygen atoms in total. The SMILES string of the molecule is Cc1cc(CO)ccc1N1CCN(c2ccccn2)CC1. The van der Waals surface area contributed by atoms with Crippen molar-refractivity contribution in [3.8, 4) is 0 Å². The summed E-state index contributed by atoms with van der Waals surface area (Å²) in [4.78, 5) is 9.16. The third-order valence-electron chi connectivity index (χ3n) is 4.04. The predicted octanol–water partition coefficient (Wildman–Crippen LogP) is 2.21. The highest BCUT2D eigenvalue weighted by Crippen LogP contribution is 2.23. The zero-order valence-electron chi connectivity index (χ0n) is 12.4. The van der Waals surface area contributed by atoms with Gasteiger partial charge in [0.15, 0.2) is 0 Å². The molecule has 2 heterocycles. The van der Waals surface area contributed by atoms with Crippen molar-refractivity contribution < 1.29 is 5.11 Å². The van der Waals surface area contributed by atoms with Crippen molar-refractivity contribution in [1.82, 2.24) is 4.98 Å². The van der Waals surface area contributed by atoms with Crippen molar-refractivity contribution in [2.75, 3.05) is 36.0 Å². The summed E-state index contributed by atoms with van der Waals surface area (Å²) in [5.74, 6) is 1.06. The number of hydrogen-bond donors (Lipinski definition) is 1. The van der Waals surface area contributed by atoms with Gasteiger partial charge in [-0.15, -0.1) is 0 Å². The van der Waals surface area contributed by atoms with Crippen LogP contribution in [0.4, 0.5) is 11.5 Å². The van der Waals surface area contributed by atoms with Gasteiger partial charge in [0.2, 0.25) is 0 Å². The normalized spacial score (nSPS) is 15.3. The number of nitrogens with zero attached hydrogens (tertiary/aromatic N) is 3. The molecule has 0 saturated carbocycles. The number of anilines is 2. The lowest BCUT2D eigenvalue weighted by Crippen LogP contribution is -2.47. The van der Waals surface area contributed by atoms with Crippen molar-refractivity contribution in [2.24, 2.45) is 0 Å². The molecule has 0 atom stereocenters. The average molecular weight is 283 g/mol. The van der Waals surface area contributed by atoms with Crippen molar-refractivity contribution in [1.29, 1.82) is 0 Å². The Morgan fingerprint density at radius 2 is 1.81 bits per heavy atom. The standard InChI is InChI=1S/C17H21N3O/c1-14-12-15(13-21)5-6-16(14)19-8-10-20(11-9-19)17-4-2-3-7-18-17/h2-7,12,21H,8-11,13H2,1H3. The summed E-state index contributed by atoms with van der Waals surface area (Å²) < 4.78 is 0. The van der Waals surface area contributed by atoms with Gasteiger partial charge < -0.3 is 14.9 Å². The van der Waals surface area contributed by atoms with Crippen molar-refractivity contribution in [3.05, 3.63) is 53.7 Å². The molecule has 0 amide bonds. The summed E-state index contributed by atoms with van der Waals surface area (Å²) in [6.45, 7) is 6.18. The molecule has 1 aliphatic rings. The number of hydrogen-bond acceptors (Lipinski definition) is 4. The van der Waals surface area contributed by atoms with Gasteiger partial charge in [-0.25, -0.2) is 4.98 Å². The molecule has 1 aromatic heterocycles. The number of benzene rings is 1. The molecule has 1 aromatic carbocycles. The van der Waals surface area contributed by atoms with Gasteiger partial charge in [-0.3, -0.25) is 0 Å². The van der Waals surface area contributed by atoms with E-state index in [2.05, 4.69) is 39.9 Å². The molecule has 0 bridgehead atoms. The van der Waals surface area contributed by atoms with E-state index in [4.69, 9.17) is 0 Å². The molecule has 110 valence electrons. The lowest BCUT2D eigenvalue weighted by Gasteiger charge is -2.37. The number of pyridine rings is 1. The van der Waals surface area contributed by atoms with Crippen LogP contribution in [0.5, 0.6) is 0 Å². The Labute approximate surface area is 125 Å². The van der Waals surface area contributed by atoms with Crippen LogP contribution >= 0.6 is 0 Å². The van der Waals surface area contributed by atoms with Gasteiger partial charge >= 0.3 is 0 Å². The third kappa shape index (κ3) is 3.00. The first-order valence-electron chi connectivity index (χ1n) is 7.39. The largest absolute Gasteiger partial charge is 0.392 e. The number of aliphatic hydroxyl groups is 1. The molecule has 1 saturated heterocycles. The Kier molecular flexibility index (Phi) is 4.06. The molecule has 0 radical (unpaired) electrons. The summed E-state index contributed by atoms with van der Waals surface area (Å²) in [5, 5.41) is 9.20. The monoisotopic (exact) mass is 283 g/mol. The maximum Gasteiger partial charge on any atom is 0.128 e. The van der Waals surface area contributed by atoms with Crippen LogP contribution in [0.3, 0.4) is 0 Å². The second kappa shape index (κ2) is 6.14. The van der Waals surface area contributed by atoms with E-state index in [1.54, 1.807) is 0 Å². The maximum absolute atomic E-state index is 9.20. The van der Waals surface area contributed by atoms with Crippen LogP contribution in [0.2, 0.25) is 0 Å². The highest BCUT2D eigenvalue weighted by atomic mass is 16.3. The van der Waals surface area contributed by atoms with E-state index in [-0.39, 0.29) is 6.61 Å². The summed E-state index contributed by atoms with van der Waals surface area (Å²) in [6.07, 6.45) is 1.85. The Morgan fingerprint density at radius 1 is 1.05 bits per heavy atom. The van der Waals surface area contributed by atoms with Gasteiger partial charge in [0.25, 0.3) is 0 Å². The van der Waals surface area contributed by atoms with E-state index in [1.807, 2.05) is 24.4 Å². The molecule has 2 aromatic rings. The number of aromatic nitrogens is 1. The topological polar surface area (TPSA) is 39.6 Å².